The second-order valence-electron chi connectivity index (χ2n) is 5.86. The summed E-state index contributed by atoms with van der Waals surface area (Å²) in [6, 6.07) is 14.6. The Labute approximate surface area is 144 Å². The molecule has 0 saturated carbocycles. The lowest BCUT2D eigenvalue weighted by Crippen LogP contribution is -2.02. The quantitative estimate of drug-likeness (QED) is 0.590. The molecular weight excluding hydrogens is 317 g/mol. The highest BCUT2D eigenvalue weighted by Gasteiger charge is 2.07. The van der Waals surface area contributed by atoms with Gasteiger partial charge in [0.2, 0.25) is 0 Å². The molecule has 2 aromatic carbocycles. The molecule has 0 aliphatic heterocycles. The lowest BCUT2D eigenvalue weighted by Gasteiger charge is -2.11. The van der Waals surface area contributed by atoms with Gasteiger partial charge in [0, 0.05) is 28.9 Å². The molecule has 2 heterocycles. The number of aromatic nitrogens is 4. The van der Waals surface area contributed by atoms with Gasteiger partial charge < -0.3 is 5.32 Å². The fourth-order valence-electron chi connectivity index (χ4n) is 2.85. The summed E-state index contributed by atoms with van der Waals surface area (Å²) in [6.07, 6.45) is 1.49. The number of hydrogen-bond donors (Lipinski definition) is 2. The van der Waals surface area contributed by atoms with Gasteiger partial charge in [-0.15, -0.1) is 0 Å². The number of aromatic amines is 1. The highest BCUT2D eigenvalue weighted by atomic mass is 19.1. The van der Waals surface area contributed by atoms with Gasteiger partial charge in [-0.1, -0.05) is 18.2 Å². The van der Waals surface area contributed by atoms with Crippen LogP contribution in [0, 0.1) is 12.7 Å². The Hall–Kier alpha value is -3.28. The van der Waals surface area contributed by atoms with Crippen LogP contribution in [0.25, 0.3) is 22.3 Å². The average Bonchev–Trinajstić information content (AvgIpc) is 3.15. The Balaban J connectivity index is 1.63. The normalized spacial score (nSPS) is 11.0. The number of halogens is 1. The zero-order chi connectivity index (χ0) is 17.2. The molecule has 2 aromatic heterocycles. The fraction of sp³-hybridized carbons (Fsp3) is 0.105. The number of rotatable bonds is 4. The summed E-state index contributed by atoms with van der Waals surface area (Å²) >= 11 is 0. The SMILES string of the molecule is Cc1cc(NCc2cccc(-c3ncn[nH]3)c2)c2cc(F)ccc2n1. The van der Waals surface area contributed by atoms with Crippen LogP contribution < -0.4 is 5.32 Å². The van der Waals surface area contributed by atoms with E-state index in [4.69, 9.17) is 0 Å². The topological polar surface area (TPSA) is 66.5 Å². The Morgan fingerprint density at radius 3 is 2.88 bits per heavy atom. The molecule has 124 valence electrons. The molecule has 6 heteroatoms. The van der Waals surface area contributed by atoms with E-state index in [2.05, 4.69) is 25.5 Å². The van der Waals surface area contributed by atoms with Crippen molar-refractivity contribution in [3.8, 4) is 11.4 Å². The Kier molecular flexibility index (Phi) is 3.85. The summed E-state index contributed by atoms with van der Waals surface area (Å²) in [5.74, 6) is 0.461. The third kappa shape index (κ3) is 3.19. The third-order valence-corrected chi connectivity index (χ3v) is 4.00. The lowest BCUT2D eigenvalue weighted by molar-refractivity contribution is 0.629. The van der Waals surface area contributed by atoms with Crippen molar-refractivity contribution in [1.82, 2.24) is 20.2 Å². The minimum absolute atomic E-state index is 0.270. The molecule has 2 N–H and O–H groups in total. The molecule has 0 spiro atoms. The first-order chi connectivity index (χ1) is 12.2. The second kappa shape index (κ2) is 6.32. The van der Waals surface area contributed by atoms with Crippen LogP contribution in [0.2, 0.25) is 0 Å². The minimum Gasteiger partial charge on any atom is -0.380 e. The van der Waals surface area contributed by atoms with Crippen LogP contribution in [0.4, 0.5) is 10.1 Å². The van der Waals surface area contributed by atoms with E-state index in [1.165, 1.54) is 18.5 Å². The number of anilines is 1. The molecule has 0 radical (unpaired) electrons. The molecule has 4 rings (SSSR count). The van der Waals surface area contributed by atoms with Crippen molar-refractivity contribution in [2.75, 3.05) is 5.32 Å². The molecule has 0 fully saturated rings. The smallest absolute Gasteiger partial charge is 0.155 e. The lowest BCUT2D eigenvalue weighted by atomic mass is 10.1. The third-order valence-electron chi connectivity index (χ3n) is 4.00. The molecule has 0 aliphatic carbocycles. The highest BCUT2D eigenvalue weighted by Crippen LogP contribution is 2.25. The van der Waals surface area contributed by atoms with Crippen molar-refractivity contribution < 1.29 is 4.39 Å². The molecule has 25 heavy (non-hydrogen) atoms. The largest absolute Gasteiger partial charge is 0.380 e. The molecule has 0 bridgehead atoms. The number of nitrogens with zero attached hydrogens (tertiary/aromatic N) is 3. The van der Waals surface area contributed by atoms with Crippen molar-refractivity contribution in [3.05, 3.63) is 71.9 Å². The summed E-state index contributed by atoms with van der Waals surface area (Å²) in [5.41, 5.74) is 4.59. The summed E-state index contributed by atoms with van der Waals surface area (Å²) in [6.45, 7) is 2.54. The summed E-state index contributed by atoms with van der Waals surface area (Å²) in [4.78, 5) is 8.63. The van der Waals surface area contributed by atoms with Gasteiger partial charge >= 0.3 is 0 Å². The van der Waals surface area contributed by atoms with Gasteiger partial charge in [0.25, 0.3) is 0 Å². The van der Waals surface area contributed by atoms with Gasteiger partial charge in [-0.25, -0.2) is 9.37 Å². The Morgan fingerprint density at radius 1 is 1.12 bits per heavy atom. The molecule has 0 saturated heterocycles. The first-order valence-corrected chi connectivity index (χ1v) is 7.94. The van der Waals surface area contributed by atoms with Gasteiger partial charge in [-0.3, -0.25) is 10.1 Å². The summed E-state index contributed by atoms with van der Waals surface area (Å²) < 4.78 is 13.6. The zero-order valence-corrected chi connectivity index (χ0v) is 13.6. The maximum atomic E-state index is 13.6. The van der Waals surface area contributed by atoms with Crippen LogP contribution in [0.15, 0.2) is 54.9 Å². The van der Waals surface area contributed by atoms with Crippen molar-refractivity contribution in [3.63, 3.8) is 0 Å². The van der Waals surface area contributed by atoms with Crippen LogP contribution >= 0.6 is 0 Å². The van der Waals surface area contributed by atoms with E-state index < -0.39 is 0 Å². The van der Waals surface area contributed by atoms with E-state index in [1.807, 2.05) is 37.3 Å². The molecular formula is C19H16FN5. The zero-order valence-electron chi connectivity index (χ0n) is 13.6. The van der Waals surface area contributed by atoms with Crippen molar-refractivity contribution >= 4 is 16.6 Å². The first-order valence-electron chi connectivity index (χ1n) is 7.94. The van der Waals surface area contributed by atoms with E-state index in [9.17, 15) is 4.39 Å². The van der Waals surface area contributed by atoms with E-state index in [0.29, 0.717) is 6.54 Å². The maximum absolute atomic E-state index is 13.6. The number of aryl methyl sites for hydroxylation is 1. The van der Waals surface area contributed by atoms with E-state index in [1.54, 1.807) is 6.07 Å². The molecule has 4 aromatic rings. The van der Waals surface area contributed by atoms with Crippen molar-refractivity contribution in [1.29, 1.82) is 0 Å². The highest BCUT2D eigenvalue weighted by molar-refractivity contribution is 5.91. The monoisotopic (exact) mass is 333 g/mol. The molecule has 5 nitrogen and oxygen atoms in total. The van der Waals surface area contributed by atoms with Crippen molar-refractivity contribution in [2.45, 2.75) is 13.5 Å². The fourth-order valence-corrected chi connectivity index (χ4v) is 2.85. The Bertz CT molecular complexity index is 1030. The number of benzene rings is 2. The molecule has 0 aliphatic rings. The van der Waals surface area contributed by atoms with Gasteiger partial charge in [0.05, 0.1) is 5.52 Å². The number of pyridine rings is 1. The number of nitrogens with one attached hydrogen (secondary N) is 2. The predicted octanol–water partition coefficient (Wildman–Crippen LogP) is 4.08. The van der Waals surface area contributed by atoms with Crippen LogP contribution in [0.1, 0.15) is 11.3 Å². The van der Waals surface area contributed by atoms with Crippen LogP contribution in [0.5, 0.6) is 0 Å². The van der Waals surface area contributed by atoms with E-state index in [-0.39, 0.29) is 5.82 Å². The molecule has 0 unspecified atom stereocenters. The average molecular weight is 333 g/mol. The Morgan fingerprint density at radius 2 is 2.04 bits per heavy atom. The number of H-pyrrole nitrogens is 1. The summed E-state index contributed by atoms with van der Waals surface area (Å²) in [5, 5.41) is 10.9. The number of hydrogen-bond acceptors (Lipinski definition) is 4. The van der Waals surface area contributed by atoms with Gasteiger partial charge in [-0.05, 0) is 42.8 Å². The number of fused-ring (bicyclic) bond motifs is 1. The van der Waals surface area contributed by atoms with E-state index in [0.717, 1.165) is 39.2 Å². The summed E-state index contributed by atoms with van der Waals surface area (Å²) in [7, 11) is 0. The second-order valence-corrected chi connectivity index (χ2v) is 5.86. The van der Waals surface area contributed by atoms with Crippen LogP contribution in [-0.2, 0) is 6.54 Å². The predicted molar refractivity (Wildman–Crippen MR) is 95.6 cm³/mol. The standard InChI is InChI=1S/C19H16FN5/c1-12-7-18(16-9-15(20)5-6-17(16)24-12)21-10-13-3-2-4-14(8-13)19-22-11-23-25-19/h2-9,11H,10H2,1H3,(H,21,24)(H,22,23,25). The molecule has 0 atom stereocenters. The van der Waals surface area contributed by atoms with Gasteiger partial charge in [-0.2, -0.15) is 5.10 Å². The van der Waals surface area contributed by atoms with Crippen LogP contribution in [-0.4, -0.2) is 20.2 Å². The van der Waals surface area contributed by atoms with Crippen LogP contribution in [0.3, 0.4) is 0 Å². The van der Waals surface area contributed by atoms with E-state index >= 15 is 0 Å². The van der Waals surface area contributed by atoms with Crippen molar-refractivity contribution in [2.24, 2.45) is 0 Å². The molecule has 0 amide bonds. The first kappa shape index (κ1) is 15.3. The maximum Gasteiger partial charge on any atom is 0.155 e. The van der Waals surface area contributed by atoms with Gasteiger partial charge in [0.1, 0.15) is 12.1 Å². The van der Waals surface area contributed by atoms with Gasteiger partial charge in [0.15, 0.2) is 5.82 Å². The minimum atomic E-state index is -0.270.